The Kier molecular flexibility index (Phi) is 4.88. The second-order valence-electron chi connectivity index (χ2n) is 7.09. The minimum absolute atomic E-state index is 0.290. The maximum atomic E-state index is 11.4. The Bertz CT molecular complexity index is 824. The first-order valence-electron chi connectivity index (χ1n) is 9.18. The van der Waals surface area contributed by atoms with Crippen LogP contribution in [0.15, 0.2) is 29.3 Å². The van der Waals surface area contributed by atoms with E-state index in [2.05, 4.69) is 20.8 Å². The van der Waals surface area contributed by atoms with Crippen molar-refractivity contribution in [3.05, 3.63) is 46.1 Å². The summed E-state index contributed by atoms with van der Waals surface area (Å²) in [5, 5.41) is 4.51. The maximum Gasteiger partial charge on any atom is 0.248 e. The van der Waals surface area contributed by atoms with Gasteiger partial charge in [0.25, 0.3) is 0 Å². The van der Waals surface area contributed by atoms with E-state index in [1.54, 1.807) is 0 Å². The van der Waals surface area contributed by atoms with Crippen molar-refractivity contribution in [1.29, 1.82) is 0 Å². The zero-order valence-electron chi connectivity index (χ0n) is 14.6. The zero-order chi connectivity index (χ0) is 17.9. The molecule has 2 aliphatic rings. The topological polar surface area (TPSA) is 86.2 Å². The number of ether oxygens (including phenoxy) is 2. The lowest BCUT2D eigenvalue weighted by Crippen LogP contribution is -2.34. The molecule has 4 rings (SSSR count). The number of aldehydes is 1. The van der Waals surface area contributed by atoms with Crippen molar-refractivity contribution in [3.8, 4) is 5.75 Å². The standard InChI is InChI=1S/C19H23N3O4/c23-9-14-7-19(24)20-8-18(14)26-10-13-3-1-2-4-16(13)17-5-6-21-22(17)15-11-25-12-15/h5-9,13,15-16H,1-4,10-12H2,(H,20,24). The first kappa shape index (κ1) is 17.0. The van der Waals surface area contributed by atoms with E-state index in [0.717, 1.165) is 26.1 Å². The molecule has 2 fully saturated rings. The lowest BCUT2D eigenvalue weighted by Gasteiger charge is -2.35. The minimum atomic E-state index is -0.304. The van der Waals surface area contributed by atoms with Crippen molar-refractivity contribution in [2.24, 2.45) is 5.92 Å². The van der Waals surface area contributed by atoms with E-state index in [4.69, 9.17) is 9.47 Å². The Morgan fingerprint density at radius 2 is 2.19 bits per heavy atom. The van der Waals surface area contributed by atoms with Crippen LogP contribution in [0.4, 0.5) is 0 Å². The van der Waals surface area contributed by atoms with E-state index in [-0.39, 0.29) is 11.1 Å². The number of pyridine rings is 1. The highest BCUT2D eigenvalue weighted by atomic mass is 16.5. The molecule has 2 unspecified atom stereocenters. The number of rotatable bonds is 6. The molecule has 138 valence electrons. The van der Waals surface area contributed by atoms with Crippen LogP contribution < -0.4 is 10.3 Å². The summed E-state index contributed by atoms with van der Waals surface area (Å²) < 4.78 is 13.4. The van der Waals surface area contributed by atoms with Crippen molar-refractivity contribution >= 4 is 6.29 Å². The molecule has 1 aliphatic heterocycles. The number of aromatic amines is 1. The average molecular weight is 357 g/mol. The second-order valence-corrected chi connectivity index (χ2v) is 7.09. The van der Waals surface area contributed by atoms with Crippen LogP contribution >= 0.6 is 0 Å². The Morgan fingerprint density at radius 3 is 2.96 bits per heavy atom. The summed E-state index contributed by atoms with van der Waals surface area (Å²) >= 11 is 0. The Morgan fingerprint density at radius 1 is 1.35 bits per heavy atom. The van der Waals surface area contributed by atoms with Gasteiger partial charge >= 0.3 is 0 Å². The Hall–Kier alpha value is -2.41. The van der Waals surface area contributed by atoms with Gasteiger partial charge in [-0.1, -0.05) is 12.8 Å². The molecule has 3 heterocycles. The van der Waals surface area contributed by atoms with Crippen molar-refractivity contribution in [2.75, 3.05) is 19.8 Å². The third kappa shape index (κ3) is 3.31. The van der Waals surface area contributed by atoms with Crippen LogP contribution in [0.1, 0.15) is 53.7 Å². The summed E-state index contributed by atoms with van der Waals surface area (Å²) in [5.41, 5.74) is 1.24. The van der Waals surface area contributed by atoms with Crippen molar-refractivity contribution in [1.82, 2.24) is 14.8 Å². The van der Waals surface area contributed by atoms with Crippen molar-refractivity contribution in [2.45, 2.75) is 37.6 Å². The molecule has 0 amide bonds. The van der Waals surface area contributed by atoms with Gasteiger partial charge in [-0.2, -0.15) is 5.10 Å². The SMILES string of the molecule is O=Cc1cc(=O)[nH]cc1OCC1CCCCC1c1ccnn1C1COC1. The van der Waals surface area contributed by atoms with Gasteiger partial charge in [0.15, 0.2) is 6.29 Å². The van der Waals surface area contributed by atoms with Crippen LogP contribution in [0.2, 0.25) is 0 Å². The molecule has 0 radical (unpaired) electrons. The molecule has 1 N–H and O–H groups in total. The van der Waals surface area contributed by atoms with E-state index in [1.165, 1.54) is 30.8 Å². The van der Waals surface area contributed by atoms with Crippen LogP contribution in [-0.2, 0) is 4.74 Å². The van der Waals surface area contributed by atoms with E-state index in [1.807, 2.05) is 6.20 Å². The van der Waals surface area contributed by atoms with E-state index >= 15 is 0 Å². The third-order valence-electron chi connectivity index (χ3n) is 5.45. The predicted octanol–water partition coefficient (Wildman–Crippen LogP) is 2.31. The number of H-pyrrole nitrogens is 1. The molecule has 1 saturated heterocycles. The molecular weight excluding hydrogens is 334 g/mol. The fourth-order valence-electron chi connectivity index (χ4n) is 3.97. The molecule has 7 heteroatoms. The van der Waals surface area contributed by atoms with Gasteiger partial charge in [-0.3, -0.25) is 14.3 Å². The first-order valence-corrected chi connectivity index (χ1v) is 9.18. The Balaban J connectivity index is 1.51. The molecule has 26 heavy (non-hydrogen) atoms. The van der Waals surface area contributed by atoms with Crippen LogP contribution in [-0.4, -0.2) is 40.9 Å². The summed E-state index contributed by atoms with van der Waals surface area (Å²) in [7, 11) is 0. The molecule has 2 aromatic rings. The van der Waals surface area contributed by atoms with Crippen LogP contribution in [0.3, 0.4) is 0 Å². The van der Waals surface area contributed by atoms with Crippen molar-refractivity contribution in [3.63, 3.8) is 0 Å². The van der Waals surface area contributed by atoms with E-state index in [9.17, 15) is 9.59 Å². The van der Waals surface area contributed by atoms with Gasteiger partial charge < -0.3 is 14.5 Å². The number of hydrogen-bond donors (Lipinski definition) is 1. The highest BCUT2D eigenvalue weighted by Gasteiger charge is 2.32. The van der Waals surface area contributed by atoms with Gasteiger partial charge in [-0.05, 0) is 18.9 Å². The Labute approximate surface area is 151 Å². The highest BCUT2D eigenvalue weighted by molar-refractivity contribution is 5.78. The van der Waals surface area contributed by atoms with E-state index in [0.29, 0.717) is 36.5 Å². The number of nitrogens with zero attached hydrogens (tertiary/aromatic N) is 2. The van der Waals surface area contributed by atoms with Gasteiger partial charge in [0.05, 0.1) is 31.4 Å². The maximum absolute atomic E-state index is 11.4. The molecule has 0 bridgehead atoms. The number of hydrogen-bond acceptors (Lipinski definition) is 5. The van der Waals surface area contributed by atoms with Gasteiger partial charge in [0, 0.05) is 36.0 Å². The van der Waals surface area contributed by atoms with Gasteiger partial charge in [0.1, 0.15) is 5.75 Å². The third-order valence-corrected chi connectivity index (χ3v) is 5.45. The molecule has 0 aromatic carbocycles. The molecule has 7 nitrogen and oxygen atoms in total. The molecule has 0 spiro atoms. The molecule has 2 aromatic heterocycles. The quantitative estimate of drug-likeness (QED) is 0.802. The molecule has 1 aliphatic carbocycles. The normalized spacial score (nSPS) is 23.4. The fourth-order valence-corrected chi connectivity index (χ4v) is 3.97. The van der Waals surface area contributed by atoms with Crippen molar-refractivity contribution < 1.29 is 14.3 Å². The average Bonchev–Trinajstić information content (AvgIpc) is 3.08. The van der Waals surface area contributed by atoms with Gasteiger partial charge in [0.2, 0.25) is 5.56 Å². The fraction of sp³-hybridized carbons (Fsp3) is 0.526. The first-order chi connectivity index (χ1) is 12.8. The van der Waals surface area contributed by atoms with Crippen LogP contribution in [0.5, 0.6) is 5.75 Å². The minimum Gasteiger partial charge on any atom is -0.491 e. The van der Waals surface area contributed by atoms with Crippen LogP contribution in [0.25, 0.3) is 0 Å². The smallest absolute Gasteiger partial charge is 0.248 e. The number of nitrogens with one attached hydrogen (secondary N) is 1. The van der Waals surface area contributed by atoms with E-state index < -0.39 is 0 Å². The summed E-state index contributed by atoms with van der Waals surface area (Å²) in [6.07, 6.45) is 8.57. The largest absolute Gasteiger partial charge is 0.491 e. The summed E-state index contributed by atoms with van der Waals surface area (Å²) in [6, 6.07) is 3.72. The van der Waals surface area contributed by atoms with Gasteiger partial charge in [-0.25, -0.2) is 0 Å². The predicted molar refractivity (Wildman–Crippen MR) is 94.7 cm³/mol. The molecular formula is C19H23N3O4. The summed E-state index contributed by atoms with van der Waals surface area (Å²) in [4.78, 5) is 25.1. The van der Waals surface area contributed by atoms with Crippen LogP contribution in [0, 0.1) is 5.92 Å². The molecule has 2 atom stereocenters. The second kappa shape index (κ2) is 7.45. The van der Waals surface area contributed by atoms with Gasteiger partial charge in [-0.15, -0.1) is 0 Å². The summed E-state index contributed by atoms with van der Waals surface area (Å²) in [5.74, 6) is 1.17. The molecule has 1 saturated carbocycles. The zero-order valence-corrected chi connectivity index (χ0v) is 14.6. The highest BCUT2D eigenvalue weighted by Crippen LogP contribution is 2.39. The number of carbonyl (C=O) groups excluding carboxylic acids is 1. The summed E-state index contributed by atoms with van der Waals surface area (Å²) in [6.45, 7) is 1.97. The number of carbonyl (C=O) groups is 1. The lowest BCUT2D eigenvalue weighted by atomic mass is 9.77. The lowest BCUT2D eigenvalue weighted by molar-refractivity contribution is -0.0310. The monoisotopic (exact) mass is 357 g/mol. The number of aromatic nitrogens is 3.